The smallest absolute Gasteiger partial charge is 0.260 e. The highest BCUT2D eigenvalue weighted by Crippen LogP contribution is 2.35. The molecule has 3 aromatic rings. The molecular weight excluding hydrogens is 354 g/mol. The first kappa shape index (κ1) is 18.4. The first-order chi connectivity index (χ1) is 12.9. The summed E-state index contributed by atoms with van der Waals surface area (Å²) in [5.74, 6) is 1.50. The Labute approximate surface area is 164 Å². The van der Waals surface area contributed by atoms with Gasteiger partial charge in [-0.05, 0) is 50.2 Å². The number of quaternary nitrogens is 1. The molecule has 27 heavy (non-hydrogen) atoms. The molecule has 1 aliphatic rings. The molecule has 2 heterocycles. The van der Waals surface area contributed by atoms with Crippen LogP contribution in [0.25, 0.3) is 10.2 Å². The summed E-state index contributed by atoms with van der Waals surface area (Å²) < 4.78 is 0. The van der Waals surface area contributed by atoms with E-state index in [0.29, 0.717) is 5.92 Å². The van der Waals surface area contributed by atoms with Crippen LogP contribution in [-0.2, 0) is 19.4 Å². The quantitative estimate of drug-likeness (QED) is 0.728. The maximum Gasteiger partial charge on any atom is 0.260 e. The summed E-state index contributed by atoms with van der Waals surface area (Å²) in [5.41, 5.74) is 3.94. The van der Waals surface area contributed by atoms with Gasteiger partial charge in [-0.25, -0.2) is 4.98 Å². The normalized spacial score (nSPS) is 19.0. The topological polar surface area (TPSA) is 50.2 Å². The summed E-state index contributed by atoms with van der Waals surface area (Å²) in [4.78, 5) is 24.5. The van der Waals surface area contributed by atoms with Gasteiger partial charge in [0.1, 0.15) is 17.4 Å². The number of nitrogens with one attached hydrogen (secondary N) is 2. The van der Waals surface area contributed by atoms with Gasteiger partial charge < -0.3 is 9.88 Å². The summed E-state index contributed by atoms with van der Waals surface area (Å²) in [6.45, 7) is 7.50. The second-order valence-electron chi connectivity index (χ2n) is 8.15. The lowest BCUT2D eigenvalue weighted by atomic mass is 9.89. The Morgan fingerprint density at radius 1 is 1.37 bits per heavy atom. The maximum atomic E-state index is 12.9. The molecule has 4 rings (SSSR count). The van der Waals surface area contributed by atoms with E-state index >= 15 is 0 Å². The molecule has 0 aliphatic heterocycles. The van der Waals surface area contributed by atoms with Crippen molar-refractivity contribution in [3.63, 3.8) is 0 Å². The van der Waals surface area contributed by atoms with Crippen molar-refractivity contribution in [2.24, 2.45) is 5.92 Å². The molecule has 0 amide bonds. The monoisotopic (exact) mass is 382 g/mol. The van der Waals surface area contributed by atoms with Crippen LogP contribution >= 0.6 is 11.3 Å². The van der Waals surface area contributed by atoms with E-state index in [-0.39, 0.29) is 11.6 Å². The standard InChI is InChI=1S/C22H27N3OS/c1-13-9-10-17-18(11-13)27-22-19(17)21(26)23-20(24-22)15(3)25(4)12-16-8-6-5-7-14(16)2/h5-8,13,15H,9-12H2,1-4H3,(H,23,24,26)/p+1/t13-,15+/m1/s1. The highest BCUT2D eigenvalue weighted by molar-refractivity contribution is 7.18. The Balaban J connectivity index is 1.65. The first-order valence-corrected chi connectivity index (χ1v) is 10.7. The van der Waals surface area contributed by atoms with Gasteiger partial charge in [0.05, 0.1) is 12.4 Å². The van der Waals surface area contributed by atoms with Crippen molar-refractivity contribution < 1.29 is 4.90 Å². The summed E-state index contributed by atoms with van der Waals surface area (Å²) >= 11 is 1.73. The average Bonchev–Trinajstić information content (AvgIpc) is 3.00. The van der Waals surface area contributed by atoms with Crippen LogP contribution in [0.5, 0.6) is 0 Å². The molecule has 2 N–H and O–H groups in total. The van der Waals surface area contributed by atoms with Crippen molar-refractivity contribution in [1.29, 1.82) is 0 Å². The number of thiophene rings is 1. The van der Waals surface area contributed by atoms with Gasteiger partial charge >= 0.3 is 0 Å². The van der Waals surface area contributed by atoms with E-state index < -0.39 is 0 Å². The molecule has 1 aliphatic carbocycles. The van der Waals surface area contributed by atoms with Crippen LogP contribution in [0, 0.1) is 12.8 Å². The molecule has 4 nitrogen and oxygen atoms in total. The zero-order valence-corrected chi connectivity index (χ0v) is 17.4. The number of aromatic amines is 1. The van der Waals surface area contributed by atoms with E-state index in [4.69, 9.17) is 4.98 Å². The van der Waals surface area contributed by atoms with E-state index in [2.05, 4.69) is 57.1 Å². The van der Waals surface area contributed by atoms with Crippen molar-refractivity contribution in [1.82, 2.24) is 9.97 Å². The van der Waals surface area contributed by atoms with Crippen molar-refractivity contribution in [2.75, 3.05) is 7.05 Å². The van der Waals surface area contributed by atoms with Crippen molar-refractivity contribution >= 4 is 21.6 Å². The van der Waals surface area contributed by atoms with E-state index in [1.54, 1.807) is 11.3 Å². The Hall–Kier alpha value is -1.98. The molecule has 0 saturated heterocycles. The largest absolute Gasteiger partial charge is 0.325 e. The van der Waals surface area contributed by atoms with Gasteiger partial charge in [0, 0.05) is 10.4 Å². The number of H-pyrrole nitrogens is 1. The lowest BCUT2D eigenvalue weighted by Crippen LogP contribution is -3.07. The minimum absolute atomic E-state index is 0.0394. The Morgan fingerprint density at radius 2 is 2.15 bits per heavy atom. The predicted octanol–water partition coefficient (Wildman–Crippen LogP) is 3.19. The Bertz CT molecular complexity index is 1040. The lowest BCUT2D eigenvalue weighted by molar-refractivity contribution is -0.924. The number of benzene rings is 1. The fraction of sp³-hybridized carbons (Fsp3) is 0.455. The van der Waals surface area contributed by atoms with Gasteiger partial charge in [0.15, 0.2) is 5.82 Å². The lowest BCUT2D eigenvalue weighted by Gasteiger charge is -2.21. The van der Waals surface area contributed by atoms with Crippen LogP contribution in [0.15, 0.2) is 29.1 Å². The highest BCUT2D eigenvalue weighted by atomic mass is 32.1. The summed E-state index contributed by atoms with van der Waals surface area (Å²) in [5, 5.41) is 0.842. The van der Waals surface area contributed by atoms with E-state index in [0.717, 1.165) is 35.4 Å². The van der Waals surface area contributed by atoms with Gasteiger partial charge in [0.25, 0.3) is 5.56 Å². The van der Waals surface area contributed by atoms with Gasteiger partial charge in [-0.15, -0.1) is 11.3 Å². The van der Waals surface area contributed by atoms with Crippen LogP contribution in [0.4, 0.5) is 0 Å². The zero-order chi connectivity index (χ0) is 19.1. The minimum Gasteiger partial charge on any atom is -0.325 e. The predicted molar refractivity (Wildman–Crippen MR) is 112 cm³/mol. The molecule has 0 bridgehead atoms. The van der Waals surface area contributed by atoms with Crippen LogP contribution in [0.2, 0.25) is 0 Å². The van der Waals surface area contributed by atoms with E-state index in [1.165, 1.54) is 32.9 Å². The van der Waals surface area contributed by atoms with Crippen molar-refractivity contribution in [2.45, 2.75) is 52.6 Å². The molecule has 3 atom stereocenters. The molecule has 1 unspecified atom stereocenters. The van der Waals surface area contributed by atoms with Gasteiger partial charge in [0.2, 0.25) is 0 Å². The van der Waals surface area contributed by atoms with Crippen LogP contribution in [0.3, 0.4) is 0 Å². The number of aromatic nitrogens is 2. The SMILES string of the molecule is Cc1ccccc1C[NH+](C)[C@@H](C)c1nc2sc3c(c2c(=O)[nH]1)CC[C@@H](C)C3. The summed E-state index contributed by atoms with van der Waals surface area (Å²) in [6, 6.07) is 8.61. The van der Waals surface area contributed by atoms with E-state index in [1.807, 2.05) is 0 Å². The number of fused-ring (bicyclic) bond motifs is 3. The minimum atomic E-state index is 0.0394. The molecule has 0 fully saturated rings. The third-order valence-electron chi connectivity index (χ3n) is 6.06. The molecule has 5 heteroatoms. The van der Waals surface area contributed by atoms with Crippen LogP contribution < -0.4 is 10.5 Å². The Morgan fingerprint density at radius 3 is 2.93 bits per heavy atom. The second-order valence-corrected chi connectivity index (χ2v) is 9.24. The van der Waals surface area contributed by atoms with Crippen molar-refractivity contribution in [3.8, 4) is 0 Å². The molecule has 2 aromatic heterocycles. The van der Waals surface area contributed by atoms with Gasteiger partial charge in [-0.1, -0.05) is 31.2 Å². The molecule has 1 aromatic carbocycles. The number of nitrogens with zero attached hydrogens (tertiary/aromatic N) is 1. The number of aryl methyl sites for hydroxylation is 2. The first-order valence-electron chi connectivity index (χ1n) is 9.85. The fourth-order valence-corrected chi connectivity index (χ4v) is 5.46. The third kappa shape index (κ3) is 3.46. The summed E-state index contributed by atoms with van der Waals surface area (Å²) in [7, 11) is 2.17. The Kier molecular flexibility index (Phi) is 4.91. The molecular formula is C22H28N3OS+. The number of hydrogen-bond acceptors (Lipinski definition) is 3. The average molecular weight is 383 g/mol. The van der Waals surface area contributed by atoms with E-state index in [9.17, 15) is 4.79 Å². The fourth-order valence-electron chi connectivity index (χ4n) is 4.07. The molecule has 142 valence electrons. The third-order valence-corrected chi connectivity index (χ3v) is 7.21. The number of hydrogen-bond donors (Lipinski definition) is 2. The van der Waals surface area contributed by atoms with Crippen molar-refractivity contribution in [3.05, 3.63) is 62.0 Å². The maximum absolute atomic E-state index is 12.9. The second kappa shape index (κ2) is 7.21. The van der Waals surface area contributed by atoms with Crippen LogP contribution in [-0.4, -0.2) is 17.0 Å². The van der Waals surface area contributed by atoms with Crippen LogP contribution in [0.1, 0.15) is 53.7 Å². The van der Waals surface area contributed by atoms with Gasteiger partial charge in [-0.2, -0.15) is 0 Å². The van der Waals surface area contributed by atoms with Gasteiger partial charge in [-0.3, -0.25) is 4.79 Å². The highest BCUT2D eigenvalue weighted by Gasteiger charge is 2.25. The molecule has 0 saturated carbocycles. The number of rotatable bonds is 4. The molecule has 0 radical (unpaired) electrons. The summed E-state index contributed by atoms with van der Waals surface area (Å²) in [6.07, 6.45) is 3.26. The zero-order valence-electron chi connectivity index (χ0n) is 16.6. The molecule has 0 spiro atoms.